The SMILES string of the molecule is Cn1cc(N)cc1C(=O)NC1CCCCC1CO. The number of aromatic nitrogens is 1. The number of nitrogen functional groups attached to an aromatic ring is 1. The highest BCUT2D eigenvalue weighted by molar-refractivity contribution is 5.94. The summed E-state index contributed by atoms with van der Waals surface area (Å²) in [6, 6.07) is 1.75. The van der Waals surface area contributed by atoms with Crippen molar-refractivity contribution >= 4 is 11.6 Å². The van der Waals surface area contributed by atoms with E-state index in [1.165, 1.54) is 0 Å². The number of carbonyl (C=O) groups excluding carboxylic acids is 1. The molecule has 1 aliphatic rings. The molecule has 1 fully saturated rings. The van der Waals surface area contributed by atoms with Gasteiger partial charge in [-0.05, 0) is 18.9 Å². The third-order valence-electron chi connectivity index (χ3n) is 3.72. The van der Waals surface area contributed by atoms with Crippen molar-refractivity contribution in [2.45, 2.75) is 31.7 Å². The van der Waals surface area contributed by atoms with Crippen LogP contribution in [0.1, 0.15) is 36.2 Å². The van der Waals surface area contributed by atoms with Crippen LogP contribution in [-0.4, -0.2) is 28.2 Å². The second-order valence-corrected chi connectivity index (χ2v) is 5.08. The standard InChI is InChI=1S/C13H21N3O2/c1-16-7-10(14)6-12(16)13(18)15-11-5-3-2-4-9(11)8-17/h6-7,9,11,17H,2-5,8,14H2,1H3,(H,15,18). The van der Waals surface area contributed by atoms with Crippen LogP contribution in [0.5, 0.6) is 0 Å². The van der Waals surface area contributed by atoms with Crippen molar-refractivity contribution in [2.75, 3.05) is 12.3 Å². The topological polar surface area (TPSA) is 80.3 Å². The van der Waals surface area contributed by atoms with Crippen molar-refractivity contribution in [1.82, 2.24) is 9.88 Å². The number of anilines is 1. The summed E-state index contributed by atoms with van der Waals surface area (Å²) >= 11 is 0. The molecule has 5 heteroatoms. The van der Waals surface area contributed by atoms with Gasteiger partial charge in [0.2, 0.25) is 0 Å². The maximum atomic E-state index is 12.1. The van der Waals surface area contributed by atoms with Gasteiger partial charge in [-0.1, -0.05) is 12.8 Å². The Bertz CT molecular complexity index is 428. The van der Waals surface area contributed by atoms with E-state index in [2.05, 4.69) is 5.32 Å². The number of aryl methyl sites for hydroxylation is 1. The lowest BCUT2D eigenvalue weighted by molar-refractivity contribution is 0.0864. The van der Waals surface area contributed by atoms with E-state index in [4.69, 9.17) is 5.73 Å². The van der Waals surface area contributed by atoms with Gasteiger partial charge in [-0.2, -0.15) is 0 Å². The maximum Gasteiger partial charge on any atom is 0.268 e. The molecule has 1 heterocycles. The van der Waals surface area contributed by atoms with Crippen molar-refractivity contribution in [1.29, 1.82) is 0 Å². The molecule has 4 N–H and O–H groups in total. The minimum Gasteiger partial charge on any atom is -0.397 e. The Kier molecular flexibility index (Phi) is 3.91. The van der Waals surface area contributed by atoms with Gasteiger partial charge in [0.15, 0.2) is 0 Å². The zero-order valence-electron chi connectivity index (χ0n) is 10.7. The second-order valence-electron chi connectivity index (χ2n) is 5.08. The van der Waals surface area contributed by atoms with Crippen LogP contribution >= 0.6 is 0 Å². The van der Waals surface area contributed by atoms with Crippen LogP contribution in [0.25, 0.3) is 0 Å². The first-order valence-corrected chi connectivity index (χ1v) is 6.45. The molecular weight excluding hydrogens is 230 g/mol. The summed E-state index contributed by atoms with van der Waals surface area (Å²) in [6.45, 7) is 0.139. The normalized spacial score (nSPS) is 23.9. The van der Waals surface area contributed by atoms with Crippen LogP contribution in [0.2, 0.25) is 0 Å². The van der Waals surface area contributed by atoms with Crippen LogP contribution < -0.4 is 11.1 Å². The van der Waals surface area contributed by atoms with E-state index in [9.17, 15) is 9.90 Å². The number of rotatable bonds is 3. The summed E-state index contributed by atoms with van der Waals surface area (Å²) in [4.78, 5) is 12.1. The zero-order chi connectivity index (χ0) is 13.1. The summed E-state index contributed by atoms with van der Waals surface area (Å²) in [5.74, 6) is 0.0693. The fourth-order valence-electron chi connectivity index (χ4n) is 2.67. The van der Waals surface area contributed by atoms with Crippen molar-refractivity contribution in [2.24, 2.45) is 13.0 Å². The Morgan fingerprint density at radius 3 is 2.89 bits per heavy atom. The van der Waals surface area contributed by atoms with Gasteiger partial charge >= 0.3 is 0 Å². The third kappa shape index (κ3) is 2.67. The molecule has 1 aromatic rings. The monoisotopic (exact) mass is 251 g/mol. The molecule has 2 unspecified atom stereocenters. The molecule has 0 radical (unpaired) electrons. The van der Waals surface area contributed by atoms with E-state index in [0.29, 0.717) is 11.4 Å². The van der Waals surface area contributed by atoms with E-state index in [1.54, 1.807) is 23.9 Å². The van der Waals surface area contributed by atoms with E-state index < -0.39 is 0 Å². The molecule has 1 amide bonds. The van der Waals surface area contributed by atoms with Crippen LogP contribution in [0.15, 0.2) is 12.3 Å². The molecule has 1 aromatic heterocycles. The molecule has 0 bridgehead atoms. The summed E-state index contributed by atoms with van der Waals surface area (Å²) < 4.78 is 1.72. The number of aliphatic hydroxyl groups excluding tert-OH is 1. The largest absolute Gasteiger partial charge is 0.397 e. The number of hydrogen-bond acceptors (Lipinski definition) is 3. The lowest BCUT2D eigenvalue weighted by Crippen LogP contribution is -2.43. The van der Waals surface area contributed by atoms with Gasteiger partial charge in [0.05, 0.1) is 5.69 Å². The lowest BCUT2D eigenvalue weighted by Gasteiger charge is -2.30. The van der Waals surface area contributed by atoms with Gasteiger partial charge in [0, 0.05) is 31.8 Å². The smallest absolute Gasteiger partial charge is 0.268 e. The van der Waals surface area contributed by atoms with E-state index in [1.807, 2.05) is 0 Å². The second kappa shape index (κ2) is 5.44. The highest BCUT2D eigenvalue weighted by Gasteiger charge is 2.26. The van der Waals surface area contributed by atoms with Crippen LogP contribution in [0.4, 0.5) is 5.69 Å². The van der Waals surface area contributed by atoms with Crippen LogP contribution in [0.3, 0.4) is 0 Å². The van der Waals surface area contributed by atoms with Crippen molar-refractivity contribution in [3.05, 3.63) is 18.0 Å². The highest BCUT2D eigenvalue weighted by atomic mass is 16.3. The van der Waals surface area contributed by atoms with Gasteiger partial charge in [-0.15, -0.1) is 0 Å². The average molecular weight is 251 g/mol. The molecule has 0 spiro atoms. The molecule has 0 aromatic carbocycles. The summed E-state index contributed by atoms with van der Waals surface area (Å²) in [5, 5.41) is 12.3. The fourth-order valence-corrected chi connectivity index (χ4v) is 2.67. The van der Waals surface area contributed by atoms with Gasteiger partial charge < -0.3 is 20.7 Å². The van der Waals surface area contributed by atoms with E-state index in [0.717, 1.165) is 25.7 Å². The number of aliphatic hydroxyl groups is 1. The van der Waals surface area contributed by atoms with Gasteiger partial charge in [0.1, 0.15) is 5.69 Å². The van der Waals surface area contributed by atoms with Crippen LogP contribution in [0, 0.1) is 5.92 Å². The van der Waals surface area contributed by atoms with Crippen molar-refractivity contribution in [3.63, 3.8) is 0 Å². The number of carbonyl (C=O) groups is 1. The predicted octanol–water partition coefficient (Wildman–Crippen LogP) is 0.888. The first kappa shape index (κ1) is 13.0. The zero-order valence-corrected chi connectivity index (χ0v) is 10.7. The molecule has 5 nitrogen and oxygen atoms in total. The Hall–Kier alpha value is -1.49. The fraction of sp³-hybridized carbons (Fsp3) is 0.615. The first-order chi connectivity index (χ1) is 8.61. The van der Waals surface area contributed by atoms with E-state index >= 15 is 0 Å². The Balaban J connectivity index is 2.04. The van der Waals surface area contributed by atoms with E-state index in [-0.39, 0.29) is 24.5 Å². The summed E-state index contributed by atoms with van der Waals surface area (Å²) in [6.07, 6.45) is 5.89. The number of nitrogens with one attached hydrogen (secondary N) is 1. The summed E-state index contributed by atoms with van der Waals surface area (Å²) in [7, 11) is 1.80. The quantitative estimate of drug-likeness (QED) is 0.746. The minimum atomic E-state index is -0.112. The lowest BCUT2D eigenvalue weighted by atomic mass is 9.85. The molecule has 1 saturated carbocycles. The van der Waals surface area contributed by atoms with Crippen LogP contribution in [-0.2, 0) is 7.05 Å². The molecule has 0 aliphatic heterocycles. The molecule has 0 saturated heterocycles. The Morgan fingerprint density at radius 1 is 1.56 bits per heavy atom. The first-order valence-electron chi connectivity index (χ1n) is 6.45. The Labute approximate surface area is 107 Å². The minimum absolute atomic E-state index is 0.0763. The summed E-state index contributed by atoms with van der Waals surface area (Å²) in [5.41, 5.74) is 6.82. The molecule has 1 aliphatic carbocycles. The van der Waals surface area contributed by atoms with Gasteiger partial charge in [0.25, 0.3) is 5.91 Å². The number of hydrogen-bond donors (Lipinski definition) is 3. The van der Waals surface area contributed by atoms with Gasteiger partial charge in [-0.3, -0.25) is 4.79 Å². The highest BCUT2D eigenvalue weighted by Crippen LogP contribution is 2.24. The van der Waals surface area contributed by atoms with Crippen molar-refractivity contribution < 1.29 is 9.90 Å². The number of amides is 1. The molecule has 18 heavy (non-hydrogen) atoms. The third-order valence-corrected chi connectivity index (χ3v) is 3.72. The Morgan fingerprint density at radius 2 is 2.28 bits per heavy atom. The van der Waals surface area contributed by atoms with Crippen molar-refractivity contribution in [3.8, 4) is 0 Å². The predicted molar refractivity (Wildman–Crippen MR) is 70.1 cm³/mol. The average Bonchev–Trinajstić information content (AvgIpc) is 2.69. The van der Waals surface area contributed by atoms with Gasteiger partial charge in [-0.25, -0.2) is 0 Å². The molecule has 2 rings (SSSR count). The maximum absolute atomic E-state index is 12.1. The molecule has 100 valence electrons. The molecule has 2 atom stereocenters. The number of nitrogens with zero attached hydrogens (tertiary/aromatic N) is 1. The number of nitrogens with two attached hydrogens (primary N) is 1. The molecular formula is C13H21N3O2.